The Morgan fingerprint density at radius 1 is 0.545 bits per heavy atom. The highest BCUT2D eigenvalue weighted by Crippen LogP contribution is 2.22. The summed E-state index contributed by atoms with van der Waals surface area (Å²) < 4.78 is 22.3. The number of hydrogen-bond donors (Lipinski definition) is 2. The summed E-state index contributed by atoms with van der Waals surface area (Å²) in [5, 5.41) is 24.3. The van der Waals surface area contributed by atoms with E-state index in [0.29, 0.717) is 53.3 Å². The molecule has 5 rings (SSSR count). The van der Waals surface area contributed by atoms with E-state index in [-0.39, 0.29) is 26.4 Å². The van der Waals surface area contributed by atoms with Crippen molar-refractivity contribution in [1.82, 2.24) is 20.4 Å². The number of amides is 2. The molecule has 16 heteroatoms. The van der Waals surface area contributed by atoms with Crippen LogP contribution in [0.4, 0.5) is 10.3 Å². The van der Waals surface area contributed by atoms with Crippen LogP contribution in [-0.4, -0.2) is 45.4 Å². The van der Waals surface area contributed by atoms with E-state index in [1.54, 1.807) is 72.8 Å². The highest BCUT2D eigenvalue weighted by molar-refractivity contribution is 7.15. The number of aromatic nitrogens is 4. The maximum Gasteiger partial charge on any atom is 0.264 e. The largest absolute Gasteiger partial charge is 0.486 e. The van der Waals surface area contributed by atoms with E-state index in [1.807, 2.05) is 0 Å². The van der Waals surface area contributed by atoms with Crippen LogP contribution in [0, 0.1) is 0 Å². The van der Waals surface area contributed by atoms with Crippen molar-refractivity contribution in [2.24, 2.45) is 0 Å². The molecule has 2 aromatic heterocycles. The van der Waals surface area contributed by atoms with Crippen molar-refractivity contribution in [3.8, 4) is 23.0 Å². The van der Waals surface area contributed by atoms with Gasteiger partial charge in [-0.3, -0.25) is 20.2 Å². The molecule has 0 atom stereocenters. The van der Waals surface area contributed by atoms with Crippen LogP contribution in [0.3, 0.4) is 0 Å². The van der Waals surface area contributed by atoms with Crippen LogP contribution in [0.25, 0.3) is 0 Å². The molecular weight excluding hydrogens is 651 g/mol. The summed E-state index contributed by atoms with van der Waals surface area (Å²) in [4.78, 5) is 24.6. The fraction of sp³-hybridized carbons (Fsp3) is 0.143. The van der Waals surface area contributed by atoms with Crippen molar-refractivity contribution in [3.63, 3.8) is 0 Å². The summed E-state index contributed by atoms with van der Waals surface area (Å²) in [7, 11) is 0. The van der Waals surface area contributed by atoms with E-state index >= 15 is 0 Å². The minimum absolute atomic E-state index is 0.200. The molecule has 12 nitrogen and oxygen atoms in total. The Balaban J connectivity index is 0.982. The number of carbonyl (C=O) groups is 2. The van der Waals surface area contributed by atoms with Crippen LogP contribution in [0.15, 0.2) is 72.8 Å². The number of halogens is 2. The van der Waals surface area contributed by atoms with Gasteiger partial charge in [0.15, 0.2) is 23.2 Å². The number of anilines is 2. The zero-order valence-corrected chi connectivity index (χ0v) is 25.7. The van der Waals surface area contributed by atoms with Crippen molar-refractivity contribution in [1.29, 1.82) is 0 Å². The summed E-state index contributed by atoms with van der Waals surface area (Å²) >= 11 is 14.1. The summed E-state index contributed by atoms with van der Waals surface area (Å²) in [6.07, 6.45) is 0. The Morgan fingerprint density at radius 3 is 1.27 bits per heavy atom. The zero-order valence-electron chi connectivity index (χ0n) is 22.6. The Hall–Kier alpha value is -4.50. The van der Waals surface area contributed by atoms with E-state index in [2.05, 4.69) is 31.0 Å². The van der Waals surface area contributed by atoms with Gasteiger partial charge in [-0.15, -0.1) is 20.4 Å². The lowest BCUT2D eigenvalue weighted by atomic mass is 10.3. The van der Waals surface area contributed by atoms with Crippen molar-refractivity contribution in [2.75, 3.05) is 23.8 Å². The van der Waals surface area contributed by atoms with E-state index in [1.165, 1.54) is 22.7 Å². The van der Waals surface area contributed by atoms with Crippen LogP contribution in [0.5, 0.6) is 23.0 Å². The molecule has 0 aliphatic carbocycles. The van der Waals surface area contributed by atoms with Crippen LogP contribution in [0.1, 0.15) is 10.0 Å². The molecule has 0 spiro atoms. The van der Waals surface area contributed by atoms with Gasteiger partial charge in [0, 0.05) is 10.0 Å². The van der Waals surface area contributed by atoms with Crippen molar-refractivity contribution in [3.05, 3.63) is 92.9 Å². The second-order valence-electron chi connectivity index (χ2n) is 8.63. The molecule has 0 saturated heterocycles. The Morgan fingerprint density at radius 2 is 0.886 bits per heavy atom. The average Bonchev–Trinajstić information content (AvgIpc) is 3.68. The van der Waals surface area contributed by atoms with Gasteiger partial charge in [-0.2, -0.15) is 0 Å². The quantitative estimate of drug-likeness (QED) is 0.146. The molecule has 0 radical (unpaired) electrons. The number of benzene rings is 3. The molecule has 3 aromatic carbocycles. The van der Waals surface area contributed by atoms with Gasteiger partial charge in [-0.1, -0.05) is 45.9 Å². The molecule has 44 heavy (non-hydrogen) atoms. The Bertz CT molecular complexity index is 1560. The molecule has 0 unspecified atom stereocenters. The lowest BCUT2D eigenvalue weighted by Gasteiger charge is -2.08. The van der Waals surface area contributed by atoms with Crippen LogP contribution in [-0.2, 0) is 22.8 Å². The second kappa shape index (κ2) is 15.3. The first-order chi connectivity index (χ1) is 21.4. The zero-order chi connectivity index (χ0) is 30.7. The highest BCUT2D eigenvalue weighted by Gasteiger charge is 2.12. The molecule has 226 valence electrons. The predicted molar refractivity (Wildman–Crippen MR) is 166 cm³/mol. The number of rotatable bonds is 14. The summed E-state index contributed by atoms with van der Waals surface area (Å²) in [5.41, 5.74) is 0. The maximum absolute atomic E-state index is 12.3. The molecule has 0 saturated carbocycles. The van der Waals surface area contributed by atoms with Gasteiger partial charge < -0.3 is 18.9 Å². The molecule has 5 aromatic rings. The van der Waals surface area contributed by atoms with Gasteiger partial charge in [0.1, 0.15) is 36.2 Å². The first kappa shape index (κ1) is 30.9. The molecule has 0 aliphatic heterocycles. The molecule has 0 aliphatic rings. The minimum Gasteiger partial charge on any atom is -0.486 e. The molecule has 2 N–H and O–H groups in total. The molecule has 0 bridgehead atoms. The number of nitrogens with one attached hydrogen (secondary N) is 2. The Kier molecular flexibility index (Phi) is 10.8. The molecular formula is C28H22Cl2N6O6S2. The van der Waals surface area contributed by atoms with Crippen LogP contribution < -0.4 is 29.6 Å². The summed E-state index contributed by atoms with van der Waals surface area (Å²) in [6, 6.07) is 20.4. The van der Waals surface area contributed by atoms with Gasteiger partial charge >= 0.3 is 0 Å². The average molecular weight is 674 g/mol. The first-order valence-electron chi connectivity index (χ1n) is 12.7. The van der Waals surface area contributed by atoms with Crippen molar-refractivity contribution >= 4 is 68.0 Å². The van der Waals surface area contributed by atoms with E-state index in [4.69, 9.17) is 42.1 Å². The van der Waals surface area contributed by atoms with Crippen molar-refractivity contribution < 1.29 is 28.5 Å². The third-order valence-electron chi connectivity index (χ3n) is 5.34. The van der Waals surface area contributed by atoms with E-state index < -0.39 is 11.8 Å². The number of ether oxygens (including phenoxy) is 4. The van der Waals surface area contributed by atoms with Crippen LogP contribution in [0.2, 0.25) is 10.0 Å². The number of hydrogen-bond acceptors (Lipinski definition) is 12. The lowest BCUT2D eigenvalue weighted by molar-refractivity contribution is -0.118. The SMILES string of the molecule is O=C(COc1ccc(OCC(=O)Nc2nnc(COc3ccc(Cl)cc3)s2)cc1)Nc1nnc(COc2ccc(Cl)cc2)s1. The van der Waals surface area contributed by atoms with Crippen LogP contribution >= 0.6 is 45.9 Å². The fourth-order valence-electron chi connectivity index (χ4n) is 3.32. The lowest BCUT2D eigenvalue weighted by Crippen LogP contribution is -2.20. The summed E-state index contributed by atoms with van der Waals surface area (Å²) in [5.74, 6) is 1.35. The topological polar surface area (TPSA) is 147 Å². The standard InChI is InChI=1S/C28H22Cl2N6O6S2/c29-17-1-5-19(6-2-17)41-15-25-33-35-27(43-25)31-23(37)13-39-21-9-11-22(12-10-21)40-14-24(38)32-28-36-34-26(44-28)16-42-20-7-3-18(30)4-8-20/h1-12H,13-16H2,(H,31,35,37)(H,32,36,38). The number of carbonyl (C=O) groups excluding carboxylic acids is 2. The van der Waals surface area contributed by atoms with Gasteiger partial charge in [-0.25, -0.2) is 0 Å². The first-order valence-corrected chi connectivity index (χ1v) is 15.1. The van der Waals surface area contributed by atoms with E-state index in [0.717, 1.165) is 0 Å². The smallest absolute Gasteiger partial charge is 0.264 e. The third kappa shape index (κ3) is 9.77. The normalized spacial score (nSPS) is 10.6. The fourth-order valence-corrected chi connectivity index (χ4v) is 4.91. The molecule has 2 heterocycles. The van der Waals surface area contributed by atoms with Gasteiger partial charge in [0.2, 0.25) is 10.3 Å². The third-order valence-corrected chi connectivity index (χ3v) is 7.47. The maximum atomic E-state index is 12.3. The summed E-state index contributed by atoms with van der Waals surface area (Å²) in [6.45, 7) is -0.0844. The monoisotopic (exact) mass is 672 g/mol. The predicted octanol–water partition coefficient (Wildman–Crippen LogP) is 5.89. The second-order valence-corrected chi connectivity index (χ2v) is 11.6. The van der Waals surface area contributed by atoms with E-state index in [9.17, 15) is 9.59 Å². The highest BCUT2D eigenvalue weighted by atomic mass is 35.5. The molecule has 2 amide bonds. The minimum atomic E-state index is -0.403. The molecule has 0 fully saturated rings. The Labute approximate surface area is 268 Å². The van der Waals surface area contributed by atoms with Crippen molar-refractivity contribution in [2.45, 2.75) is 13.2 Å². The van der Waals surface area contributed by atoms with Gasteiger partial charge in [-0.05, 0) is 72.8 Å². The van der Waals surface area contributed by atoms with Gasteiger partial charge in [0.05, 0.1) is 0 Å². The number of nitrogens with zero attached hydrogens (tertiary/aromatic N) is 4. The van der Waals surface area contributed by atoms with Gasteiger partial charge in [0.25, 0.3) is 11.8 Å².